The fourth-order valence-corrected chi connectivity index (χ4v) is 2.57. The van der Waals surface area contributed by atoms with Gasteiger partial charge in [-0.2, -0.15) is 10.2 Å². The van der Waals surface area contributed by atoms with Crippen LogP contribution in [0.4, 0.5) is 11.5 Å². The van der Waals surface area contributed by atoms with Crippen molar-refractivity contribution in [2.75, 3.05) is 5.32 Å². The summed E-state index contributed by atoms with van der Waals surface area (Å²) in [7, 11) is 1.83. The third kappa shape index (κ3) is 3.94. The monoisotopic (exact) mass is 354 g/mol. The van der Waals surface area contributed by atoms with E-state index in [1.165, 1.54) is 12.1 Å². The third-order valence-electron chi connectivity index (χ3n) is 3.80. The van der Waals surface area contributed by atoms with E-state index in [2.05, 4.69) is 15.5 Å². The zero-order valence-electron chi connectivity index (χ0n) is 14.4. The zero-order valence-corrected chi connectivity index (χ0v) is 14.4. The molecule has 0 radical (unpaired) electrons. The van der Waals surface area contributed by atoms with Crippen LogP contribution in [0.15, 0.2) is 42.7 Å². The Hall–Kier alpha value is -3.49. The van der Waals surface area contributed by atoms with Crippen molar-refractivity contribution in [2.45, 2.75) is 19.8 Å². The Bertz CT molecular complexity index is 942. The molecule has 2 aromatic heterocycles. The Balaban J connectivity index is 1.72. The van der Waals surface area contributed by atoms with Crippen LogP contribution in [0, 0.1) is 17.0 Å². The number of hydrogen-bond donors (Lipinski definition) is 1. The molecule has 9 heteroatoms. The van der Waals surface area contributed by atoms with Gasteiger partial charge in [0.15, 0.2) is 0 Å². The molecule has 0 aliphatic carbocycles. The average molecular weight is 354 g/mol. The van der Waals surface area contributed by atoms with Crippen LogP contribution < -0.4 is 5.32 Å². The first-order chi connectivity index (χ1) is 12.4. The highest BCUT2D eigenvalue weighted by Crippen LogP contribution is 2.20. The highest BCUT2D eigenvalue weighted by Gasteiger charge is 2.13. The Kier molecular flexibility index (Phi) is 4.78. The number of nitrogens with zero attached hydrogens (tertiary/aromatic N) is 5. The number of anilines is 1. The van der Waals surface area contributed by atoms with E-state index in [1.54, 1.807) is 33.8 Å². The van der Waals surface area contributed by atoms with Gasteiger partial charge in [-0.1, -0.05) is 0 Å². The van der Waals surface area contributed by atoms with Gasteiger partial charge in [0.2, 0.25) is 5.91 Å². The maximum absolute atomic E-state index is 12.3. The van der Waals surface area contributed by atoms with Crippen molar-refractivity contribution in [3.8, 4) is 5.69 Å². The first-order valence-electron chi connectivity index (χ1n) is 8.01. The lowest BCUT2D eigenvalue weighted by atomic mass is 10.2. The van der Waals surface area contributed by atoms with Crippen molar-refractivity contribution in [3.63, 3.8) is 0 Å². The van der Waals surface area contributed by atoms with Crippen LogP contribution in [0.2, 0.25) is 0 Å². The third-order valence-corrected chi connectivity index (χ3v) is 3.80. The van der Waals surface area contributed by atoms with Gasteiger partial charge in [-0.25, -0.2) is 4.68 Å². The fourth-order valence-electron chi connectivity index (χ4n) is 2.57. The molecule has 0 saturated carbocycles. The molecule has 0 fully saturated rings. The molecule has 0 bridgehead atoms. The Morgan fingerprint density at radius 1 is 1.31 bits per heavy atom. The van der Waals surface area contributed by atoms with Gasteiger partial charge in [-0.05, 0) is 31.0 Å². The Labute approximate surface area is 149 Å². The van der Waals surface area contributed by atoms with E-state index in [0.29, 0.717) is 24.3 Å². The normalized spacial score (nSPS) is 10.7. The molecule has 26 heavy (non-hydrogen) atoms. The van der Waals surface area contributed by atoms with E-state index < -0.39 is 4.92 Å². The smallest absolute Gasteiger partial charge is 0.269 e. The molecule has 0 atom stereocenters. The SMILES string of the molecule is Cc1cc(NC(=O)CCc2cnn(C)c2)n(-c2ccc([N+](=O)[O-])cc2)n1. The summed E-state index contributed by atoms with van der Waals surface area (Å²) in [5.74, 6) is 0.379. The number of non-ortho nitro benzene ring substituents is 1. The maximum Gasteiger partial charge on any atom is 0.269 e. The van der Waals surface area contributed by atoms with E-state index in [4.69, 9.17) is 0 Å². The summed E-state index contributed by atoms with van der Waals surface area (Å²) in [6.07, 6.45) is 4.51. The van der Waals surface area contributed by atoms with Crippen molar-refractivity contribution in [1.82, 2.24) is 19.6 Å². The van der Waals surface area contributed by atoms with Crippen molar-refractivity contribution >= 4 is 17.4 Å². The number of aryl methyl sites for hydroxylation is 3. The second-order valence-corrected chi connectivity index (χ2v) is 5.93. The highest BCUT2D eigenvalue weighted by atomic mass is 16.6. The summed E-state index contributed by atoms with van der Waals surface area (Å²) in [4.78, 5) is 22.6. The second-order valence-electron chi connectivity index (χ2n) is 5.93. The summed E-state index contributed by atoms with van der Waals surface area (Å²) in [5, 5.41) is 22.0. The molecule has 1 amide bonds. The lowest BCUT2D eigenvalue weighted by Crippen LogP contribution is -2.15. The molecule has 3 aromatic rings. The largest absolute Gasteiger partial charge is 0.311 e. The van der Waals surface area contributed by atoms with Crippen LogP contribution in [0.1, 0.15) is 17.7 Å². The predicted octanol–water partition coefficient (Wildman–Crippen LogP) is 2.39. The maximum atomic E-state index is 12.3. The number of amides is 1. The number of aromatic nitrogens is 4. The van der Waals surface area contributed by atoms with E-state index in [9.17, 15) is 14.9 Å². The van der Waals surface area contributed by atoms with Crippen LogP contribution in [-0.4, -0.2) is 30.4 Å². The molecular formula is C17H18N6O3. The highest BCUT2D eigenvalue weighted by molar-refractivity contribution is 5.90. The number of nitrogens with one attached hydrogen (secondary N) is 1. The fraction of sp³-hybridized carbons (Fsp3) is 0.235. The Morgan fingerprint density at radius 2 is 2.04 bits per heavy atom. The van der Waals surface area contributed by atoms with E-state index in [0.717, 1.165) is 11.3 Å². The molecule has 1 aromatic carbocycles. The van der Waals surface area contributed by atoms with Crippen molar-refractivity contribution in [1.29, 1.82) is 0 Å². The summed E-state index contributed by atoms with van der Waals surface area (Å²) in [6, 6.07) is 7.75. The number of benzene rings is 1. The summed E-state index contributed by atoms with van der Waals surface area (Å²) >= 11 is 0. The van der Waals surface area contributed by atoms with Crippen LogP contribution in [-0.2, 0) is 18.3 Å². The Morgan fingerprint density at radius 3 is 2.65 bits per heavy atom. The lowest BCUT2D eigenvalue weighted by Gasteiger charge is -2.08. The number of carbonyl (C=O) groups is 1. The molecule has 1 N–H and O–H groups in total. The molecule has 134 valence electrons. The van der Waals surface area contributed by atoms with Crippen molar-refractivity contribution < 1.29 is 9.72 Å². The van der Waals surface area contributed by atoms with Gasteiger partial charge >= 0.3 is 0 Å². The van der Waals surface area contributed by atoms with Crippen LogP contribution in [0.5, 0.6) is 0 Å². The molecule has 0 saturated heterocycles. The minimum absolute atomic E-state index is 0.000292. The quantitative estimate of drug-likeness (QED) is 0.540. The molecule has 0 aliphatic heterocycles. The summed E-state index contributed by atoms with van der Waals surface area (Å²) in [6.45, 7) is 1.81. The van der Waals surface area contributed by atoms with E-state index in [1.807, 2.05) is 20.2 Å². The first-order valence-corrected chi connectivity index (χ1v) is 8.01. The van der Waals surface area contributed by atoms with Crippen molar-refractivity contribution in [2.24, 2.45) is 7.05 Å². The number of nitro groups is 1. The molecule has 2 heterocycles. The van der Waals surface area contributed by atoms with Gasteiger partial charge in [-0.3, -0.25) is 19.6 Å². The van der Waals surface area contributed by atoms with E-state index in [-0.39, 0.29) is 11.6 Å². The van der Waals surface area contributed by atoms with Gasteiger partial charge in [0, 0.05) is 37.9 Å². The first kappa shape index (κ1) is 17.3. The number of hydrogen-bond acceptors (Lipinski definition) is 5. The van der Waals surface area contributed by atoms with Gasteiger partial charge in [0.1, 0.15) is 5.82 Å². The molecule has 9 nitrogen and oxygen atoms in total. The number of nitro benzene ring substituents is 1. The molecule has 0 aliphatic rings. The summed E-state index contributed by atoms with van der Waals surface area (Å²) in [5.41, 5.74) is 2.35. The topological polar surface area (TPSA) is 108 Å². The molecule has 0 unspecified atom stereocenters. The van der Waals surface area contributed by atoms with E-state index >= 15 is 0 Å². The number of rotatable bonds is 6. The lowest BCUT2D eigenvalue weighted by molar-refractivity contribution is -0.384. The van der Waals surface area contributed by atoms with Gasteiger partial charge < -0.3 is 5.32 Å². The minimum atomic E-state index is -0.459. The zero-order chi connectivity index (χ0) is 18.7. The molecule has 3 rings (SSSR count). The predicted molar refractivity (Wildman–Crippen MR) is 95.1 cm³/mol. The minimum Gasteiger partial charge on any atom is -0.311 e. The average Bonchev–Trinajstić information content (AvgIpc) is 3.18. The van der Waals surface area contributed by atoms with Crippen molar-refractivity contribution in [3.05, 3.63) is 64.1 Å². The number of carbonyl (C=O) groups excluding carboxylic acids is 1. The standard InChI is InChI=1S/C17H18N6O3/c1-12-9-16(19-17(24)8-3-13-10-18-21(2)11-13)22(20-12)14-4-6-15(7-5-14)23(25)26/h4-7,9-11H,3,8H2,1-2H3,(H,19,24). The molecular weight excluding hydrogens is 336 g/mol. The molecule has 0 spiro atoms. The van der Waals surface area contributed by atoms with Gasteiger partial charge in [-0.15, -0.1) is 0 Å². The van der Waals surface area contributed by atoms with Crippen LogP contribution in [0.25, 0.3) is 5.69 Å². The van der Waals surface area contributed by atoms with Gasteiger partial charge in [0.25, 0.3) is 5.69 Å². The van der Waals surface area contributed by atoms with Crippen LogP contribution in [0.3, 0.4) is 0 Å². The van der Waals surface area contributed by atoms with Crippen LogP contribution >= 0.6 is 0 Å². The summed E-state index contributed by atoms with van der Waals surface area (Å²) < 4.78 is 3.25. The second kappa shape index (κ2) is 7.18. The van der Waals surface area contributed by atoms with Gasteiger partial charge in [0.05, 0.1) is 22.5 Å².